The van der Waals surface area contributed by atoms with Crippen LogP contribution in [0.25, 0.3) is 0 Å². The zero-order valence-corrected chi connectivity index (χ0v) is 11.1. The van der Waals surface area contributed by atoms with E-state index in [0.717, 1.165) is 17.5 Å². The van der Waals surface area contributed by atoms with E-state index in [2.05, 4.69) is 17.0 Å². The van der Waals surface area contributed by atoms with Crippen molar-refractivity contribution >= 4 is 11.5 Å². The fourth-order valence-corrected chi connectivity index (χ4v) is 2.47. The lowest BCUT2D eigenvalue weighted by Crippen LogP contribution is -2.27. The lowest BCUT2D eigenvalue weighted by molar-refractivity contribution is 0.0988. The predicted octanol–water partition coefficient (Wildman–Crippen LogP) is 3.66. The first-order chi connectivity index (χ1) is 8.78. The van der Waals surface area contributed by atoms with Gasteiger partial charge in [-0.2, -0.15) is 0 Å². The smallest absolute Gasteiger partial charge is 0.162 e. The number of Topliss-reactive ketones (excluding diaryl/α,β-unsaturated/α-hetero) is 1. The number of nitrogens with zero attached hydrogens (tertiary/aromatic N) is 1. The van der Waals surface area contributed by atoms with E-state index in [9.17, 15) is 4.79 Å². The third kappa shape index (κ3) is 2.58. The van der Waals surface area contributed by atoms with Crippen molar-refractivity contribution in [3.63, 3.8) is 0 Å². The van der Waals surface area contributed by atoms with Crippen molar-refractivity contribution in [2.24, 2.45) is 5.92 Å². The molecule has 0 amide bonds. The minimum atomic E-state index is 0.238. The van der Waals surface area contributed by atoms with E-state index < -0.39 is 0 Å². The Balaban J connectivity index is 1.74. The van der Waals surface area contributed by atoms with Crippen molar-refractivity contribution in [1.82, 2.24) is 0 Å². The van der Waals surface area contributed by atoms with Crippen LogP contribution in [-0.2, 0) is 0 Å². The van der Waals surface area contributed by atoms with Gasteiger partial charge in [0.1, 0.15) is 0 Å². The second-order valence-corrected chi connectivity index (χ2v) is 5.65. The number of carbonyl (C=O) groups is 1. The Morgan fingerprint density at radius 2 is 1.83 bits per heavy atom. The molecule has 0 heterocycles. The maximum Gasteiger partial charge on any atom is 0.162 e. The molecule has 2 heteroatoms. The first kappa shape index (κ1) is 11.8. The summed E-state index contributed by atoms with van der Waals surface area (Å²) < 4.78 is 0. The molecule has 0 N–H and O–H groups in total. The van der Waals surface area contributed by atoms with E-state index >= 15 is 0 Å². The van der Waals surface area contributed by atoms with E-state index in [1.165, 1.54) is 37.9 Å². The van der Waals surface area contributed by atoms with Crippen LogP contribution >= 0.6 is 0 Å². The quantitative estimate of drug-likeness (QED) is 0.711. The molecule has 2 saturated carbocycles. The van der Waals surface area contributed by atoms with Gasteiger partial charge in [-0.1, -0.05) is 6.92 Å². The Kier molecular flexibility index (Phi) is 3.11. The van der Waals surface area contributed by atoms with Gasteiger partial charge >= 0.3 is 0 Å². The normalized spacial score (nSPS) is 18.7. The van der Waals surface area contributed by atoms with Crippen LogP contribution in [0, 0.1) is 5.92 Å². The number of carbonyl (C=O) groups excluding carboxylic acids is 1. The Hall–Kier alpha value is -1.31. The molecule has 0 bridgehead atoms. The second kappa shape index (κ2) is 4.75. The molecule has 0 aromatic heterocycles. The van der Waals surface area contributed by atoms with Gasteiger partial charge < -0.3 is 4.90 Å². The number of hydrogen-bond donors (Lipinski definition) is 0. The molecule has 0 atom stereocenters. The molecule has 2 fully saturated rings. The zero-order chi connectivity index (χ0) is 12.5. The maximum absolute atomic E-state index is 11.6. The highest BCUT2D eigenvalue weighted by Gasteiger charge is 2.33. The van der Waals surface area contributed by atoms with Gasteiger partial charge in [-0.15, -0.1) is 0 Å². The number of benzene rings is 1. The molecule has 0 radical (unpaired) electrons. The summed E-state index contributed by atoms with van der Waals surface area (Å²) in [6.07, 6.45) is 6.06. The van der Waals surface area contributed by atoms with Crippen molar-refractivity contribution in [3.05, 3.63) is 29.8 Å². The Bertz CT molecular complexity index is 429. The molecule has 0 aliphatic heterocycles. The summed E-state index contributed by atoms with van der Waals surface area (Å²) in [6.45, 7) is 3.13. The van der Waals surface area contributed by atoms with E-state index in [1.807, 2.05) is 19.1 Å². The molecular formula is C16H21NO. The summed E-state index contributed by atoms with van der Waals surface area (Å²) in [7, 11) is 0. The van der Waals surface area contributed by atoms with Crippen LogP contribution in [0.5, 0.6) is 0 Å². The van der Waals surface area contributed by atoms with Crippen molar-refractivity contribution in [2.75, 3.05) is 11.4 Å². The van der Waals surface area contributed by atoms with Crippen LogP contribution in [0.2, 0.25) is 0 Å². The fourth-order valence-electron chi connectivity index (χ4n) is 2.47. The molecule has 2 nitrogen and oxygen atoms in total. The van der Waals surface area contributed by atoms with Gasteiger partial charge in [0.2, 0.25) is 0 Å². The van der Waals surface area contributed by atoms with Gasteiger partial charge in [0.25, 0.3) is 0 Å². The van der Waals surface area contributed by atoms with Crippen LogP contribution in [0.3, 0.4) is 0 Å². The number of rotatable bonds is 6. The summed E-state index contributed by atoms with van der Waals surface area (Å²) in [4.78, 5) is 14.2. The molecule has 18 heavy (non-hydrogen) atoms. The highest BCUT2D eigenvalue weighted by Crippen LogP contribution is 2.37. The monoisotopic (exact) mass is 243 g/mol. The van der Waals surface area contributed by atoms with Crippen LogP contribution in [0.4, 0.5) is 5.69 Å². The Labute approximate surface area is 109 Å². The topological polar surface area (TPSA) is 20.3 Å². The van der Waals surface area contributed by atoms with Crippen molar-refractivity contribution in [2.45, 2.75) is 45.1 Å². The molecule has 0 unspecified atom stereocenters. The summed E-state index contributed by atoms with van der Waals surface area (Å²) in [5.74, 6) is 1.16. The highest BCUT2D eigenvalue weighted by atomic mass is 16.1. The molecule has 96 valence electrons. The number of hydrogen-bond acceptors (Lipinski definition) is 2. The van der Waals surface area contributed by atoms with Gasteiger partial charge in [-0.25, -0.2) is 0 Å². The Morgan fingerprint density at radius 1 is 1.17 bits per heavy atom. The first-order valence-electron chi connectivity index (χ1n) is 7.18. The van der Waals surface area contributed by atoms with Crippen LogP contribution < -0.4 is 4.90 Å². The van der Waals surface area contributed by atoms with Gasteiger partial charge in [-0.3, -0.25) is 4.79 Å². The molecule has 0 saturated heterocycles. The number of anilines is 1. The lowest BCUT2D eigenvalue weighted by atomic mass is 10.1. The van der Waals surface area contributed by atoms with E-state index in [4.69, 9.17) is 0 Å². The summed E-state index contributed by atoms with van der Waals surface area (Å²) >= 11 is 0. The Morgan fingerprint density at radius 3 is 2.33 bits per heavy atom. The van der Waals surface area contributed by atoms with Crippen LogP contribution in [0.1, 0.15) is 49.4 Å². The van der Waals surface area contributed by atoms with Gasteiger partial charge in [0.15, 0.2) is 5.78 Å². The van der Waals surface area contributed by atoms with E-state index in [-0.39, 0.29) is 5.78 Å². The summed E-state index contributed by atoms with van der Waals surface area (Å²) in [6, 6.07) is 9.00. The summed E-state index contributed by atoms with van der Waals surface area (Å²) in [5.41, 5.74) is 2.15. The average Bonchev–Trinajstić information content (AvgIpc) is 3.28. The SMILES string of the molecule is CCC(=O)c1ccc(N(CC2CC2)C2CC2)cc1. The first-order valence-corrected chi connectivity index (χ1v) is 7.18. The van der Waals surface area contributed by atoms with Crippen molar-refractivity contribution < 1.29 is 4.79 Å². The van der Waals surface area contributed by atoms with Crippen LogP contribution in [0.15, 0.2) is 24.3 Å². The van der Waals surface area contributed by atoms with E-state index in [0.29, 0.717) is 6.42 Å². The lowest BCUT2D eigenvalue weighted by Gasteiger charge is -2.24. The molecule has 3 rings (SSSR count). The van der Waals surface area contributed by atoms with Crippen LogP contribution in [-0.4, -0.2) is 18.4 Å². The minimum absolute atomic E-state index is 0.238. The highest BCUT2D eigenvalue weighted by molar-refractivity contribution is 5.96. The molecule has 0 spiro atoms. The maximum atomic E-state index is 11.6. The second-order valence-electron chi connectivity index (χ2n) is 5.65. The van der Waals surface area contributed by atoms with Gasteiger partial charge in [0, 0.05) is 30.3 Å². The molecular weight excluding hydrogens is 222 g/mol. The van der Waals surface area contributed by atoms with Crippen molar-refractivity contribution in [1.29, 1.82) is 0 Å². The third-order valence-corrected chi connectivity index (χ3v) is 3.98. The zero-order valence-electron chi connectivity index (χ0n) is 11.1. The average molecular weight is 243 g/mol. The fraction of sp³-hybridized carbons (Fsp3) is 0.562. The third-order valence-electron chi connectivity index (χ3n) is 3.98. The van der Waals surface area contributed by atoms with E-state index in [1.54, 1.807) is 0 Å². The predicted molar refractivity (Wildman–Crippen MR) is 74.2 cm³/mol. The molecule has 1 aromatic carbocycles. The number of ketones is 1. The minimum Gasteiger partial charge on any atom is -0.368 e. The molecule has 2 aliphatic rings. The van der Waals surface area contributed by atoms with Crippen molar-refractivity contribution in [3.8, 4) is 0 Å². The van der Waals surface area contributed by atoms with Gasteiger partial charge in [0.05, 0.1) is 0 Å². The molecule has 2 aliphatic carbocycles. The van der Waals surface area contributed by atoms with Gasteiger partial charge in [-0.05, 0) is 55.9 Å². The molecule has 1 aromatic rings. The summed E-state index contributed by atoms with van der Waals surface area (Å²) in [5, 5.41) is 0. The largest absolute Gasteiger partial charge is 0.368 e. The standard InChI is InChI=1S/C16H21NO/c1-2-16(18)13-5-7-14(8-6-13)17(15-9-10-15)11-12-3-4-12/h5-8,12,15H,2-4,9-11H2,1H3.